The molecule has 1 amide bonds. The van der Waals surface area contributed by atoms with E-state index in [0.29, 0.717) is 11.3 Å². The number of aliphatic hydroxyl groups excluding tert-OH is 2. The molecule has 0 spiro atoms. The Kier molecular flexibility index (Phi) is 4.36. The van der Waals surface area contributed by atoms with E-state index in [-0.39, 0.29) is 13.0 Å². The molecule has 104 valence electrons. The molecule has 3 N–H and O–H groups in total. The van der Waals surface area contributed by atoms with E-state index in [2.05, 4.69) is 5.48 Å². The molecule has 0 bridgehead atoms. The largest absolute Gasteiger partial charge is 0.480 e. The second-order valence-electron chi connectivity index (χ2n) is 4.52. The maximum atomic E-state index is 11.8. The van der Waals surface area contributed by atoms with Crippen molar-refractivity contribution in [3.8, 4) is 5.75 Å². The van der Waals surface area contributed by atoms with Crippen molar-refractivity contribution in [3.05, 3.63) is 29.8 Å². The molecule has 1 aliphatic heterocycles. The van der Waals surface area contributed by atoms with Crippen molar-refractivity contribution in [1.29, 1.82) is 0 Å². The van der Waals surface area contributed by atoms with E-state index in [1.54, 1.807) is 31.2 Å². The Balaban J connectivity index is 1.95. The maximum Gasteiger partial charge on any atom is 0.284 e. The summed E-state index contributed by atoms with van der Waals surface area (Å²) in [5, 5.41) is 19.0. The molecule has 1 unspecified atom stereocenters. The lowest BCUT2D eigenvalue weighted by Gasteiger charge is -2.28. The van der Waals surface area contributed by atoms with Gasteiger partial charge < -0.3 is 14.9 Å². The fraction of sp³-hybridized carbons (Fsp3) is 0.462. The molecule has 3 atom stereocenters. The van der Waals surface area contributed by atoms with Gasteiger partial charge in [0.25, 0.3) is 5.91 Å². The molecule has 0 saturated carbocycles. The number of rotatable bonds is 4. The number of benzene rings is 1. The summed E-state index contributed by atoms with van der Waals surface area (Å²) in [4.78, 5) is 16.6. The number of ether oxygens (including phenoxy) is 1. The van der Waals surface area contributed by atoms with Gasteiger partial charge in [0.1, 0.15) is 12.4 Å². The van der Waals surface area contributed by atoms with Crippen molar-refractivity contribution >= 4 is 5.91 Å². The summed E-state index contributed by atoms with van der Waals surface area (Å²) in [5.74, 6) is 0.0196. The zero-order valence-electron chi connectivity index (χ0n) is 10.6. The Hall–Kier alpha value is -1.63. The SMILES string of the molecule is CC(O)CONC(=O)[C@@H]1C[C@H](O)c2ccccc2O1. The van der Waals surface area contributed by atoms with Crippen LogP contribution in [0.5, 0.6) is 5.75 Å². The predicted octanol–water partition coefficient (Wildman–Crippen LogP) is 0.300. The van der Waals surface area contributed by atoms with E-state index in [1.165, 1.54) is 0 Å². The number of amides is 1. The van der Waals surface area contributed by atoms with Crippen LogP contribution < -0.4 is 10.2 Å². The van der Waals surface area contributed by atoms with Crippen molar-refractivity contribution in [1.82, 2.24) is 5.48 Å². The van der Waals surface area contributed by atoms with Crippen LogP contribution in [0.4, 0.5) is 0 Å². The van der Waals surface area contributed by atoms with Gasteiger partial charge in [0.15, 0.2) is 6.10 Å². The molecule has 6 heteroatoms. The molecular weight excluding hydrogens is 250 g/mol. The molecule has 2 rings (SSSR count). The molecule has 19 heavy (non-hydrogen) atoms. The zero-order chi connectivity index (χ0) is 13.8. The van der Waals surface area contributed by atoms with Gasteiger partial charge in [-0.05, 0) is 13.0 Å². The Labute approximate surface area is 110 Å². The Morgan fingerprint density at radius 1 is 1.58 bits per heavy atom. The lowest BCUT2D eigenvalue weighted by molar-refractivity contribution is -0.145. The maximum absolute atomic E-state index is 11.8. The van der Waals surface area contributed by atoms with Gasteiger partial charge in [-0.15, -0.1) is 0 Å². The number of hydroxylamine groups is 1. The van der Waals surface area contributed by atoms with Gasteiger partial charge in [0.05, 0.1) is 12.2 Å². The van der Waals surface area contributed by atoms with Gasteiger partial charge >= 0.3 is 0 Å². The summed E-state index contributed by atoms with van der Waals surface area (Å²) in [5.41, 5.74) is 2.88. The third-order valence-electron chi connectivity index (χ3n) is 2.77. The molecule has 0 aromatic heterocycles. The predicted molar refractivity (Wildman–Crippen MR) is 66.2 cm³/mol. The second kappa shape index (κ2) is 6.01. The topological polar surface area (TPSA) is 88.0 Å². The van der Waals surface area contributed by atoms with Crippen molar-refractivity contribution < 1.29 is 24.6 Å². The fourth-order valence-electron chi connectivity index (χ4n) is 1.85. The van der Waals surface area contributed by atoms with Crippen LogP contribution in [0.15, 0.2) is 24.3 Å². The summed E-state index contributed by atoms with van der Waals surface area (Å²) < 4.78 is 5.51. The lowest BCUT2D eigenvalue weighted by atomic mass is 9.99. The number of nitrogens with one attached hydrogen (secondary N) is 1. The molecule has 0 saturated heterocycles. The Bertz CT molecular complexity index is 448. The molecule has 0 radical (unpaired) electrons. The van der Waals surface area contributed by atoms with Crippen molar-refractivity contribution in [2.75, 3.05) is 6.61 Å². The summed E-state index contributed by atoms with van der Waals surface area (Å²) in [6.45, 7) is 1.54. The van der Waals surface area contributed by atoms with Gasteiger partial charge in [0.2, 0.25) is 0 Å². The highest BCUT2D eigenvalue weighted by Crippen LogP contribution is 2.34. The van der Waals surface area contributed by atoms with Crippen LogP contribution in [-0.2, 0) is 9.63 Å². The lowest BCUT2D eigenvalue weighted by Crippen LogP contribution is -2.42. The monoisotopic (exact) mass is 267 g/mol. The van der Waals surface area contributed by atoms with Crippen molar-refractivity contribution in [2.45, 2.75) is 31.7 Å². The van der Waals surface area contributed by atoms with Crippen LogP contribution in [0.2, 0.25) is 0 Å². The Morgan fingerprint density at radius 3 is 3.05 bits per heavy atom. The van der Waals surface area contributed by atoms with Crippen LogP contribution >= 0.6 is 0 Å². The third-order valence-corrected chi connectivity index (χ3v) is 2.77. The van der Waals surface area contributed by atoms with Gasteiger partial charge in [-0.1, -0.05) is 18.2 Å². The average Bonchev–Trinajstić information content (AvgIpc) is 2.38. The van der Waals surface area contributed by atoms with Crippen LogP contribution in [0, 0.1) is 0 Å². The first-order valence-corrected chi connectivity index (χ1v) is 6.11. The van der Waals surface area contributed by atoms with Crippen LogP contribution in [0.3, 0.4) is 0 Å². The minimum Gasteiger partial charge on any atom is -0.480 e. The number of hydrogen-bond acceptors (Lipinski definition) is 5. The number of carbonyl (C=O) groups is 1. The number of fused-ring (bicyclic) bond motifs is 1. The first-order chi connectivity index (χ1) is 9.08. The quantitative estimate of drug-likeness (QED) is 0.683. The van der Waals surface area contributed by atoms with E-state index in [4.69, 9.17) is 14.7 Å². The molecule has 6 nitrogen and oxygen atoms in total. The summed E-state index contributed by atoms with van der Waals surface area (Å²) in [6, 6.07) is 7.04. The molecule has 0 aliphatic carbocycles. The standard InChI is InChI=1S/C13H17NO5/c1-8(15)7-18-14-13(17)12-6-10(16)9-4-2-3-5-11(9)19-12/h2-5,8,10,12,15-16H,6-7H2,1H3,(H,14,17)/t8?,10-,12-/m0/s1. The number of aliphatic hydroxyl groups is 2. The number of carbonyl (C=O) groups excluding carboxylic acids is 1. The number of para-hydroxylation sites is 1. The smallest absolute Gasteiger partial charge is 0.284 e. The summed E-state index contributed by atoms with van der Waals surface area (Å²) in [7, 11) is 0. The third kappa shape index (κ3) is 3.44. The highest BCUT2D eigenvalue weighted by molar-refractivity contribution is 5.80. The summed E-state index contributed by atoms with van der Waals surface area (Å²) >= 11 is 0. The first-order valence-electron chi connectivity index (χ1n) is 6.11. The van der Waals surface area contributed by atoms with Gasteiger partial charge in [-0.2, -0.15) is 0 Å². The van der Waals surface area contributed by atoms with E-state index in [1.807, 2.05) is 0 Å². The van der Waals surface area contributed by atoms with Crippen molar-refractivity contribution in [3.63, 3.8) is 0 Å². The molecular formula is C13H17NO5. The molecule has 1 heterocycles. The number of hydrogen-bond donors (Lipinski definition) is 3. The Morgan fingerprint density at radius 2 is 2.32 bits per heavy atom. The fourth-order valence-corrected chi connectivity index (χ4v) is 1.85. The molecule has 1 aliphatic rings. The van der Waals surface area contributed by atoms with E-state index in [0.717, 1.165) is 0 Å². The second-order valence-corrected chi connectivity index (χ2v) is 4.52. The highest BCUT2D eigenvalue weighted by atomic mass is 16.7. The highest BCUT2D eigenvalue weighted by Gasteiger charge is 2.31. The van der Waals surface area contributed by atoms with Crippen LogP contribution in [-0.4, -0.2) is 34.9 Å². The van der Waals surface area contributed by atoms with E-state index in [9.17, 15) is 9.90 Å². The normalized spacial score (nSPS) is 23.1. The average molecular weight is 267 g/mol. The van der Waals surface area contributed by atoms with Gasteiger partial charge in [-0.25, -0.2) is 5.48 Å². The molecule has 0 fully saturated rings. The minimum atomic E-state index is -0.807. The zero-order valence-corrected chi connectivity index (χ0v) is 10.6. The van der Waals surface area contributed by atoms with Crippen LogP contribution in [0.1, 0.15) is 25.0 Å². The van der Waals surface area contributed by atoms with Crippen molar-refractivity contribution in [2.24, 2.45) is 0 Å². The van der Waals surface area contributed by atoms with E-state index >= 15 is 0 Å². The van der Waals surface area contributed by atoms with Gasteiger partial charge in [-0.3, -0.25) is 9.63 Å². The van der Waals surface area contributed by atoms with E-state index < -0.39 is 24.2 Å². The van der Waals surface area contributed by atoms with Crippen LogP contribution in [0.25, 0.3) is 0 Å². The molecule has 1 aromatic carbocycles. The summed E-state index contributed by atoms with van der Waals surface area (Å²) in [6.07, 6.45) is -2.05. The first kappa shape index (κ1) is 13.8. The molecule has 1 aromatic rings. The van der Waals surface area contributed by atoms with Gasteiger partial charge in [0, 0.05) is 12.0 Å². The minimum absolute atomic E-state index is 0.00238.